The molecule has 1 aliphatic rings. The minimum atomic E-state index is -0.259. The van der Waals surface area contributed by atoms with Crippen LogP contribution in [0.3, 0.4) is 0 Å². The molecule has 27 heavy (non-hydrogen) atoms. The van der Waals surface area contributed by atoms with Gasteiger partial charge in [-0.3, -0.25) is 19.6 Å². The molecule has 3 aromatic heterocycles. The van der Waals surface area contributed by atoms with Gasteiger partial charge in [-0.15, -0.1) is 0 Å². The molecule has 1 saturated heterocycles. The van der Waals surface area contributed by atoms with Gasteiger partial charge in [-0.05, 0) is 30.2 Å². The molecule has 4 heterocycles. The van der Waals surface area contributed by atoms with Crippen LogP contribution in [0.1, 0.15) is 23.3 Å². The third kappa shape index (κ3) is 3.62. The number of pyridine rings is 3. The standard InChI is InChI=1S/C20H19N5O2/c26-19-4-2-9-25(19)10-8-23-20(27)18-11-15(14-3-1-6-21-12-14)16-13-22-7-5-17(16)24-18/h1,3,5-7,11-13H,2,4,8-10H2,(H,23,27). The first-order chi connectivity index (χ1) is 13.2. The normalized spacial score (nSPS) is 13.9. The van der Waals surface area contributed by atoms with Gasteiger partial charge in [-0.2, -0.15) is 0 Å². The van der Waals surface area contributed by atoms with Gasteiger partial charge in [-0.1, -0.05) is 6.07 Å². The molecule has 0 radical (unpaired) electrons. The van der Waals surface area contributed by atoms with Gasteiger partial charge in [0.15, 0.2) is 0 Å². The van der Waals surface area contributed by atoms with Crippen LogP contribution in [0.25, 0.3) is 22.0 Å². The summed E-state index contributed by atoms with van der Waals surface area (Å²) in [7, 11) is 0. The van der Waals surface area contributed by atoms with Crippen molar-refractivity contribution in [3.63, 3.8) is 0 Å². The largest absolute Gasteiger partial charge is 0.349 e. The van der Waals surface area contributed by atoms with E-state index in [0.717, 1.165) is 29.5 Å². The van der Waals surface area contributed by atoms with E-state index in [4.69, 9.17) is 0 Å². The van der Waals surface area contributed by atoms with Crippen molar-refractivity contribution in [1.82, 2.24) is 25.2 Å². The van der Waals surface area contributed by atoms with Gasteiger partial charge in [0.2, 0.25) is 5.91 Å². The number of carbonyl (C=O) groups excluding carboxylic acids is 2. The molecule has 0 aromatic carbocycles. The molecule has 0 atom stereocenters. The van der Waals surface area contributed by atoms with Crippen molar-refractivity contribution < 1.29 is 9.59 Å². The number of nitrogens with one attached hydrogen (secondary N) is 1. The zero-order valence-corrected chi connectivity index (χ0v) is 14.8. The smallest absolute Gasteiger partial charge is 0.269 e. The lowest BCUT2D eigenvalue weighted by molar-refractivity contribution is -0.127. The van der Waals surface area contributed by atoms with Gasteiger partial charge >= 0.3 is 0 Å². The Hall–Kier alpha value is -3.35. The Bertz CT molecular complexity index is 990. The van der Waals surface area contributed by atoms with Gasteiger partial charge in [0.05, 0.1) is 5.52 Å². The Morgan fingerprint density at radius 2 is 2.07 bits per heavy atom. The second-order valence-electron chi connectivity index (χ2n) is 6.43. The average Bonchev–Trinajstić information content (AvgIpc) is 3.12. The van der Waals surface area contributed by atoms with E-state index >= 15 is 0 Å². The highest BCUT2D eigenvalue weighted by Gasteiger charge is 2.20. The number of rotatable bonds is 5. The lowest BCUT2D eigenvalue weighted by Gasteiger charge is -2.15. The van der Waals surface area contributed by atoms with Crippen molar-refractivity contribution in [3.05, 3.63) is 54.7 Å². The summed E-state index contributed by atoms with van der Waals surface area (Å²) >= 11 is 0. The Balaban J connectivity index is 1.58. The number of amides is 2. The number of hydrogen-bond acceptors (Lipinski definition) is 5. The van der Waals surface area contributed by atoms with E-state index in [-0.39, 0.29) is 11.8 Å². The summed E-state index contributed by atoms with van der Waals surface area (Å²) in [5.74, 6) is -0.107. The van der Waals surface area contributed by atoms with E-state index in [1.54, 1.807) is 41.8 Å². The minimum absolute atomic E-state index is 0.152. The fourth-order valence-corrected chi connectivity index (χ4v) is 3.28. The van der Waals surface area contributed by atoms with E-state index in [1.165, 1.54) is 0 Å². The van der Waals surface area contributed by atoms with Crippen molar-refractivity contribution in [3.8, 4) is 11.1 Å². The first-order valence-corrected chi connectivity index (χ1v) is 8.93. The molecule has 1 aliphatic heterocycles. The van der Waals surface area contributed by atoms with Gasteiger partial charge < -0.3 is 10.2 Å². The molecule has 0 saturated carbocycles. The van der Waals surface area contributed by atoms with Gasteiger partial charge in [0, 0.05) is 61.8 Å². The quantitative estimate of drug-likeness (QED) is 0.751. The highest BCUT2D eigenvalue weighted by Crippen LogP contribution is 2.27. The highest BCUT2D eigenvalue weighted by atomic mass is 16.2. The summed E-state index contributed by atoms with van der Waals surface area (Å²) in [4.78, 5) is 38.9. The minimum Gasteiger partial charge on any atom is -0.349 e. The summed E-state index contributed by atoms with van der Waals surface area (Å²) in [5.41, 5.74) is 2.79. The van der Waals surface area contributed by atoms with Crippen LogP contribution < -0.4 is 5.32 Å². The topological polar surface area (TPSA) is 88.1 Å². The van der Waals surface area contributed by atoms with Crippen molar-refractivity contribution in [2.24, 2.45) is 0 Å². The predicted molar refractivity (Wildman–Crippen MR) is 101 cm³/mol. The lowest BCUT2D eigenvalue weighted by atomic mass is 10.0. The Morgan fingerprint density at radius 3 is 2.85 bits per heavy atom. The molecular weight excluding hydrogens is 342 g/mol. The molecule has 4 rings (SSSR count). The summed E-state index contributed by atoms with van der Waals surface area (Å²) in [6.07, 6.45) is 8.35. The van der Waals surface area contributed by atoms with E-state index in [9.17, 15) is 9.59 Å². The summed E-state index contributed by atoms with van der Waals surface area (Å²) < 4.78 is 0. The number of likely N-dealkylation sites (tertiary alicyclic amines) is 1. The molecule has 1 N–H and O–H groups in total. The number of aromatic nitrogens is 3. The predicted octanol–water partition coefficient (Wildman–Crippen LogP) is 2.04. The summed E-state index contributed by atoms with van der Waals surface area (Å²) in [6.45, 7) is 1.70. The third-order valence-electron chi connectivity index (χ3n) is 4.65. The Labute approximate surface area is 156 Å². The first kappa shape index (κ1) is 17.1. The SMILES string of the molecule is O=C(NCCN1CCCC1=O)c1cc(-c2cccnc2)c2cnccc2n1. The van der Waals surface area contributed by atoms with E-state index in [1.807, 2.05) is 12.1 Å². The molecular formula is C20H19N5O2. The molecule has 0 aliphatic carbocycles. The van der Waals surface area contributed by atoms with Gasteiger partial charge in [0.1, 0.15) is 5.69 Å². The van der Waals surface area contributed by atoms with Crippen LogP contribution in [0.15, 0.2) is 49.1 Å². The molecule has 0 bridgehead atoms. The summed E-state index contributed by atoms with van der Waals surface area (Å²) in [5, 5.41) is 3.73. The second kappa shape index (κ2) is 7.49. The van der Waals surface area contributed by atoms with E-state index in [2.05, 4.69) is 20.3 Å². The van der Waals surface area contributed by atoms with Crippen molar-refractivity contribution in [2.75, 3.05) is 19.6 Å². The Kier molecular flexibility index (Phi) is 4.74. The zero-order chi connectivity index (χ0) is 18.6. The van der Waals surface area contributed by atoms with Crippen molar-refractivity contribution in [2.45, 2.75) is 12.8 Å². The lowest BCUT2D eigenvalue weighted by Crippen LogP contribution is -2.35. The second-order valence-corrected chi connectivity index (χ2v) is 6.43. The number of nitrogens with zero attached hydrogens (tertiary/aromatic N) is 4. The molecule has 0 spiro atoms. The molecule has 136 valence electrons. The molecule has 3 aromatic rings. The molecule has 0 unspecified atom stereocenters. The molecule has 7 heteroatoms. The van der Waals surface area contributed by atoms with Crippen LogP contribution in [-0.2, 0) is 4.79 Å². The van der Waals surface area contributed by atoms with Crippen LogP contribution in [0.4, 0.5) is 0 Å². The van der Waals surface area contributed by atoms with Crippen LogP contribution >= 0.6 is 0 Å². The van der Waals surface area contributed by atoms with Crippen LogP contribution in [0, 0.1) is 0 Å². The van der Waals surface area contributed by atoms with Crippen LogP contribution in [0.2, 0.25) is 0 Å². The maximum atomic E-state index is 12.6. The first-order valence-electron chi connectivity index (χ1n) is 8.93. The maximum Gasteiger partial charge on any atom is 0.269 e. The highest BCUT2D eigenvalue weighted by molar-refractivity contribution is 6.00. The molecule has 7 nitrogen and oxygen atoms in total. The molecule has 2 amide bonds. The third-order valence-corrected chi connectivity index (χ3v) is 4.65. The number of carbonyl (C=O) groups is 2. The van der Waals surface area contributed by atoms with E-state index in [0.29, 0.717) is 30.7 Å². The van der Waals surface area contributed by atoms with Crippen molar-refractivity contribution in [1.29, 1.82) is 0 Å². The maximum absolute atomic E-state index is 12.6. The fraction of sp³-hybridized carbons (Fsp3) is 0.250. The zero-order valence-electron chi connectivity index (χ0n) is 14.8. The number of hydrogen-bond donors (Lipinski definition) is 1. The fourth-order valence-electron chi connectivity index (χ4n) is 3.28. The van der Waals surface area contributed by atoms with Crippen molar-refractivity contribution >= 4 is 22.7 Å². The average molecular weight is 361 g/mol. The van der Waals surface area contributed by atoms with Crippen LogP contribution in [-0.4, -0.2) is 51.3 Å². The van der Waals surface area contributed by atoms with E-state index < -0.39 is 0 Å². The van der Waals surface area contributed by atoms with Gasteiger partial charge in [-0.25, -0.2) is 4.98 Å². The molecule has 1 fully saturated rings. The van der Waals surface area contributed by atoms with Crippen LogP contribution in [0.5, 0.6) is 0 Å². The number of fused-ring (bicyclic) bond motifs is 1. The monoisotopic (exact) mass is 361 g/mol. The Morgan fingerprint density at radius 1 is 1.19 bits per heavy atom. The van der Waals surface area contributed by atoms with Gasteiger partial charge in [0.25, 0.3) is 5.91 Å². The summed E-state index contributed by atoms with van der Waals surface area (Å²) in [6, 6.07) is 7.34.